The van der Waals surface area contributed by atoms with Gasteiger partial charge < -0.3 is 10.4 Å². The van der Waals surface area contributed by atoms with E-state index >= 15 is 0 Å². The molecule has 0 aromatic heterocycles. The first kappa shape index (κ1) is 18.1. The Morgan fingerprint density at radius 1 is 1.43 bits per heavy atom. The molecular formula is C12H12ClF4NO2S. The number of rotatable bonds is 6. The molecule has 0 heterocycles. The maximum absolute atomic E-state index is 13.2. The lowest BCUT2D eigenvalue weighted by Gasteiger charge is -2.13. The third kappa shape index (κ3) is 7.01. The van der Waals surface area contributed by atoms with Crippen LogP contribution in [0.15, 0.2) is 18.2 Å². The van der Waals surface area contributed by atoms with Crippen molar-refractivity contribution in [3.8, 4) is 0 Å². The summed E-state index contributed by atoms with van der Waals surface area (Å²) in [5.74, 6) is -2.84. The number of benzene rings is 1. The summed E-state index contributed by atoms with van der Waals surface area (Å²) in [6, 6.07) is 3.68. The number of alkyl halides is 3. The van der Waals surface area contributed by atoms with Crippen LogP contribution in [0, 0.1) is 5.82 Å². The molecular weight excluding hydrogens is 334 g/mol. The molecule has 1 rings (SSSR count). The summed E-state index contributed by atoms with van der Waals surface area (Å²) in [5.41, 5.74) is 0.208. The standard InChI is InChI=1S/C12H12ClF4NO2S/c13-8-2-1-7(3-9(8)14)10(19)4-18-11(20)5-21-6-12(15,16)17/h1-3,10,19H,4-6H2,(H,18,20). The fraction of sp³-hybridized carbons (Fsp3) is 0.417. The van der Waals surface area contributed by atoms with Gasteiger partial charge in [-0.3, -0.25) is 4.79 Å². The Hall–Kier alpha value is -0.990. The lowest BCUT2D eigenvalue weighted by Crippen LogP contribution is -2.30. The van der Waals surface area contributed by atoms with Crippen LogP contribution in [-0.4, -0.2) is 35.2 Å². The fourth-order valence-electron chi connectivity index (χ4n) is 1.36. The second-order valence-electron chi connectivity index (χ2n) is 4.10. The van der Waals surface area contributed by atoms with Crippen molar-refractivity contribution < 1.29 is 27.5 Å². The topological polar surface area (TPSA) is 49.3 Å². The molecule has 0 aliphatic rings. The number of aliphatic hydroxyl groups is 1. The molecule has 0 radical (unpaired) electrons. The van der Waals surface area contributed by atoms with E-state index in [1.807, 2.05) is 0 Å². The molecule has 0 saturated heterocycles. The summed E-state index contributed by atoms with van der Waals surface area (Å²) in [7, 11) is 0. The van der Waals surface area contributed by atoms with E-state index in [1.165, 1.54) is 12.1 Å². The fourth-order valence-corrected chi connectivity index (χ4v) is 2.10. The van der Waals surface area contributed by atoms with Gasteiger partial charge in [-0.25, -0.2) is 4.39 Å². The number of hydrogen-bond acceptors (Lipinski definition) is 3. The van der Waals surface area contributed by atoms with E-state index in [1.54, 1.807) is 0 Å². The smallest absolute Gasteiger partial charge is 0.387 e. The largest absolute Gasteiger partial charge is 0.397 e. The van der Waals surface area contributed by atoms with Gasteiger partial charge in [-0.2, -0.15) is 13.2 Å². The number of halogens is 5. The third-order valence-electron chi connectivity index (χ3n) is 2.32. The highest BCUT2D eigenvalue weighted by Crippen LogP contribution is 2.21. The Balaban J connectivity index is 2.36. The van der Waals surface area contributed by atoms with Crippen LogP contribution in [0.4, 0.5) is 17.6 Å². The minimum atomic E-state index is -4.33. The monoisotopic (exact) mass is 345 g/mol. The predicted octanol–water partition coefficient (Wildman–Crippen LogP) is 2.92. The number of hydrogen-bond donors (Lipinski definition) is 2. The number of carbonyl (C=O) groups is 1. The average molecular weight is 346 g/mol. The second-order valence-corrected chi connectivity index (χ2v) is 5.49. The molecule has 9 heteroatoms. The van der Waals surface area contributed by atoms with Crippen LogP contribution in [0.25, 0.3) is 0 Å². The van der Waals surface area contributed by atoms with E-state index < -0.39 is 29.8 Å². The van der Waals surface area contributed by atoms with Crippen molar-refractivity contribution in [1.82, 2.24) is 5.32 Å². The molecule has 0 fully saturated rings. The molecule has 118 valence electrons. The van der Waals surface area contributed by atoms with Crippen molar-refractivity contribution in [3.05, 3.63) is 34.6 Å². The molecule has 1 aromatic carbocycles. The quantitative estimate of drug-likeness (QED) is 0.779. The van der Waals surface area contributed by atoms with Crippen molar-refractivity contribution in [2.75, 3.05) is 18.1 Å². The number of thioether (sulfide) groups is 1. The third-order valence-corrected chi connectivity index (χ3v) is 3.62. The van der Waals surface area contributed by atoms with Gasteiger partial charge in [0, 0.05) is 6.54 Å². The summed E-state index contributed by atoms with van der Waals surface area (Å²) in [6.45, 7) is -0.230. The Kier molecular flexibility index (Phi) is 6.76. The molecule has 3 nitrogen and oxygen atoms in total. The van der Waals surface area contributed by atoms with Crippen molar-refractivity contribution >= 4 is 29.3 Å². The lowest BCUT2D eigenvalue weighted by atomic mass is 10.1. The Morgan fingerprint density at radius 2 is 2.10 bits per heavy atom. The lowest BCUT2D eigenvalue weighted by molar-refractivity contribution is -0.119. The molecule has 2 N–H and O–H groups in total. The molecule has 0 saturated carbocycles. The molecule has 1 amide bonds. The van der Waals surface area contributed by atoms with Gasteiger partial charge in [0.15, 0.2) is 0 Å². The molecule has 0 aliphatic carbocycles. The predicted molar refractivity (Wildman–Crippen MR) is 72.8 cm³/mol. The normalized spacial score (nSPS) is 13.0. The van der Waals surface area contributed by atoms with E-state index in [0.717, 1.165) is 6.07 Å². The van der Waals surface area contributed by atoms with E-state index in [2.05, 4.69) is 5.32 Å². The number of nitrogens with one attached hydrogen (secondary N) is 1. The Labute approximate surface area is 127 Å². The zero-order chi connectivity index (χ0) is 16.0. The first-order valence-electron chi connectivity index (χ1n) is 5.73. The van der Waals surface area contributed by atoms with Crippen LogP contribution >= 0.6 is 23.4 Å². The van der Waals surface area contributed by atoms with Gasteiger partial charge >= 0.3 is 6.18 Å². The van der Waals surface area contributed by atoms with Crippen LogP contribution in [0.1, 0.15) is 11.7 Å². The molecule has 21 heavy (non-hydrogen) atoms. The van der Waals surface area contributed by atoms with Gasteiger partial charge in [0.05, 0.1) is 22.6 Å². The van der Waals surface area contributed by atoms with Gasteiger partial charge in [-0.15, -0.1) is 11.8 Å². The highest BCUT2D eigenvalue weighted by atomic mass is 35.5. The molecule has 0 bridgehead atoms. The summed E-state index contributed by atoms with van der Waals surface area (Å²) in [6.07, 6.45) is -5.50. The molecule has 1 aromatic rings. The van der Waals surface area contributed by atoms with E-state index in [4.69, 9.17) is 11.6 Å². The van der Waals surface area contributed by atoms with Crippen molar-refractivity contribution in [1.29, 1.82) is 0 Å². The van der Waals surface area contributed by atoms with E-state index in [9.17, 15) is 27.5 Å². The molecule has 0 spiro atoms. The molecule has 0 aliphatic heterocycles. The minimum Gasteiger partial charge on any atom is -0.387 e. The highest BCUT2D eigenvalue weighted by molar-refractivity contribution is 8.00. The van der Waals surface area contributed by atoms with Crippen LogP contribution in [0.5, 0.6) is 0 Å². The second kappa shape index (κ2) is 7.86. The zero-order valence-corrected chi connectivity index (χ0v) is 12.2. The van der Waals surface area contributed by atoms with E-state index in [0.29, 0.717) is 11.8 Å². The molecule has 1 atom stereocenters. The first-order valence-corrected chi connectivity index (χ1v) is 7.26. The van der Waals surface area contributed by atoms with Crippen molar-refractivity contribution in [3.63, 3.8) is 0 Å². The van der Waals surface area contributed by atoms with Gasteiger partial charge in [0.25, 0.3) is 0 Å². The maximum Gasteiger partial charge on any atom is 0.397 e. The number of carbonyl (C=O) groups excluding carboxylic acids is 1. The Morgan fingerprint density at radius 3 is 2.67 bits per heavy atom. The first-order chi connectivity index (χ1) is 9.69. The summed E-state index contributed by atoms with van der Waals surface area (Å²) < 4.78 is 48.8. The van der Waals surface area contributed by atoms with Gasteiger partial charge in [0.2, 0.25) is 5.91 Å². The molecule has 1 unspecified atom stereocenters. The Bertz CT molecular complexity index is 499. The van der Waals surface area contributed by atoms with Crippen LogP contribution in [0.2, 0.25) is 5.02 Å². The minimum absolute atomic E-state index is 0.0986. The number of aliphatic hydroxyl groups excluding tert-OH is 1. The van der Waals surface area contributed by atoms with E-state index in [-0.39, 0.29) is 22.9 Å². The summed E-state index contributed by atoms with van der Waals surface area (Å²) in [5, 5.41) is 11.9. The number of amides is 1. The van der Waals surface area contributed by atoms with Crippen molar-refractivity contribution in [2.24, 2.45) is 0 Å². The summed E-state index contributed by atoms with van der Waals surface area (Å²) in [4.78, 5) is 11.3. The zero-order valence-electron chi connectivity index (χ0n) is 10.6. The average Bonchev–Trinajstić information content (AvgIpc) is 2.37. The van der Waals surface area contributed by atoms with Gasteiger partial charge in [-0.05, 0) is 17.7 Å². The SMILES string of the molecule is O=C(CSCC(F)(F)F)NCC(O)c1ccc(Cl)c(F)c1. The van der Waals surface area contributed by atoms with Gasteiger partial charge in [-0.1, -0.05) is 17.7 Å². The summed E-state index contributed by atoms with van der Waals surface area (Å²) >= 11 is 5.91. The van der Waals surface area contributed by atoms with Crippen LogP contribution in [-0.2, 0) is 4.79 Å². The highest BCUT2D eigenvalue weighted by Gasteiger charge is 2.27. The van der Waals surface area contributed by atoms with Crippen LogP contribution in [0.3, 0.4) is 0 Å². The van der Waals surface area contributed by atoms with Crippen LogP contribution < -0.4 is 5.32 Å². The van der Waals surface area contributed by atoms with Crippen molar-refractivity contribution in [2.45, 2.75) is 12.3 Å². The maximum atomic E-state index is 13.2. The van der Waals surface area contributed by atoms with Gasteiger partial charge in [0.1, 0.15) is 5.82 Å².